The molecule has 0 saturated carbocycles. The molecule has 1 atom stereocenters. The molecule has 0 saturated heterocycles. The number of likely N-dealkylation sites (N-methyl/N-ethyl adjacent to an activating group) is 1. The molecule has 0 fully saturated rings. The van der Waals surface area contributed by atoms with Gasteiger partial charge in [-0.15, -0.1) is 0 Å². The summed E-state index contributed by atoms with van der Waals surface area (Å²) in [7, 11) is 1.95. The maximum absolute atomic E-state index is 10.5. The van der Waals surface area contributed by atoms with E-state index in [1.165, 1.54) is 11.1 Å². The van der Waals surface area contributed by atoms with Gasteiger partial charge in [0, 0.05) is 19.1 Å². The highest BCUT2D eigenvalue weighted by atomic mass is 16.4. The van der Waals surface area contributed by atoms with Crippen LogP contribution in [0.5, 0.6) is 0 Å². The molecule has 0 bridgehead atoms. The van der Waals surface area contributed by atoms with E-state index in [1.54, 1.807) is 0 Å². The zero-order valence-corrected chi connectivity index (χ0v) is 10.4. The van der Waals surface area contributed by atoms with Crippen LogP contribution in [0.15, 0.2) is 24.3 Å². The fourth-order valence-corrected chi connectivity index (χ4v) is 1.88. The first-order valence-corrected chi connectivity index (χ1v) is 5.69. The van der Waals surface area contributed by atoms with Crippen molar-refractivity contribution < 1.29 is 9.90 Å². The lowest BCUT2D eigenvalue weighted by molar-refractivity contribution is -0.137. The summed E-state index contributed by atoms with van der Waals surface area (Å²) in [5.41, 5.74) is 8.18. The largest absolute Gasteiger partial charge is 0.481 e. The highest BCUT2D eigenvalue weighted by Gasteiger charge is 2.10. The summed E-state index contributed by atoms with van der Waals surface area (Å²) in [6.07, 6.45) is 0.0121. The van der Waals surface area contributed by atoms with Crippen LogP contribution < -0.4 is 5.73 Å². The predicted octanol–water partition coefficient (Wildman–Crippen LogP) is 1.23. The standard InChI is InChI=1S/C13H20N2O2/c1-10-4-3-5-11(6-10)8-15(2)9-12(14)7-13(16)17/h3-6,12H,7-9,14H2,1-2H3,(H,16,17). The predicted molar refractivity (Wildman–Crippen MR) is 67.7 cm³/mol. The van der Waals surface area contributed by atoms with E-state index >= 15 is 0 Å². The normalized spacial score (nSPS) is 12.7. The van der Waals surface area contributed by atoms with Crippen molar-refractivity contribution in [3.05, 3.63) is 35.4 Å². The number of hydrogen-bond acceptors (Lipinski definition) is 3. The smallest absolute Gasteiger partial charge is 0.304 e. The first-order chi connectivity index (χ1) is 7.97. The number of aliphatic carboxylic acids is 1. The molecule has 0 aliphatic heterocycles. The summed E-state index contributed by atoms with van der Waals surface area (Å²) in [6, 6.07) is 7.95. The first-order valence-electron chi connectivity index (χ1n) is 5.69. The number of benzene rings is 1. The molecule has 3 N–H and O–H groups in total. The van der Waals surface area contributed by atoms with Crippen molar-refractivity contribution in [2.24, 2.45) is 5.73 Å². The van der Waals surface area contributed by atoms with Gasteiger partial charge in [-0.1, -0.05) is 29.8 Å². The molecule has 1 aromatic rings. The second kappa shape index (κ2) is 6.37. The van der Waals surface area contributed by atoms with Gasteiger partial charge in [-0.05, 0) is 19.5 Å². The molecule has 4 nitrogen and oxygen atoms in total. The lowest BCUT2D eigenvalue weighted by atomic mass is 10.1. The summed E-state index contributed by atoms with van der Waals surface area (Å²) in [5, 5.41) is 8.62. The second-order valence-corrected chi connectivity index (χ2v) is 4.54. The van der Waals surface area contributed by atoms with Crippen LogP contribution in [-0.4, -0.2) is 35.6 Å². The van der Waals surface area contributed by atoms with E-state index in [4.69, 9.17) is 10.8 Å². The molecule has 4 heteroatoms. The summed E-state index contributed by atoms with van der Waals surface area (Å²) >= 11 is 0. The zero-order valence-electron chi connectivity index (χ0n) is 10.4. The molecular formula is C13H20N2O2. The number of carbonyl (C=O) groups is 1. The van der Waals surface area contributed by atoms with Gasteiger partial charge in [0.25, 0.3) is 0 Å². The van der Waals surface area contributed by atoms with Crippen LogP contribution in [-0.2, 0) is 11.3 Å². The Bertz CT molecular complexity index is 379. The molecular weight excluding hydrogens is 216 g/mol. The van der Waals surface area contributed by atoms with Crippen LogP contribution in [0.4, 0.5) is 0 Å². The molecule has 0 aliphatic carbocycles. The number of aryl methyl sites for hydroxylation is 1. The van der Waals surface area contributed by atoms with Gasteiger partial charge in [0.1, 0.15) is 0 Å². The van der Waals surface area contributed by atoms with Crippen LogP contribution in [0.25, 0.3) is 0 Å². The van der Waals surface area contributed by atoms with E-state index in [2.05, 4.69) is 25.1 Å². The van der Waals surface area contributed by atoms with E-state index in [0.717, 1.165) is 6.54 Å². The number of carboxylic acids is 1. The van der Waals surface area contributed by atoms with Crippen molar-refractivity contribution in [2.45, 2.75) is 25.9 Å². The summed E-state index contributed by atoms with van der Waals surface area (Å²) in [5.74, 6) is -0.846. The molecule has 94 valence electrons. The zero-order chi connectivity index (χ0) is 12.8. The van der Waals surface area contributed by atoms with Gasteiger partial charge >= 0.3 is 5.97 Å². The molecule has 0 aliphatic rings. The quantitative estimate of drug-likeness (QED) is 0.779. The van der Waals surface area contributed by atoms with Gasteiger partial charge in [0.05, 0.1) is 6.42 Å². The number of carboxylic acid groups (broad SMARTS) is 1. The molecule has 0 spiro atoms. The Balaban J connectivity index is 2.44. The first kappa shape index (κ1) is 13.7. The summed E-state index contributed by atoms with van der Waals surface area (Å²) in [4.78, 5) is 12.5. The molecule has 1 unspecified atom stereocenters. The highest BCUT2D eigenvalue weighted by molar-refractivity contribution is 5.67. The minimum absolute atomic E-state index is 0.0121. The monoisotopic (exact) mass is 236 g/mol. The second-order valence-electron chi connectivity index (χ2n) is 4.54. The molecule has 0 radical (unpaired) electrons. The van der Waals surface area contributed by atoms with E-state index in [1.807, 2.05) is 18.0 Å². The fourth-order valence-electron chi connectivity index (χ4n) is 1.88. The Labute approximate surface area is 102 Å². The van der Waals surface area contributed by atoms with Gasteiger partial charge in [0.15, 0.2) is 0 Å². The average Bonchev–Trinajstić information content (AvgIpc) is 2.14. The van der Waals surface area contributed by atoms with E-state index in [-0.39, 0.29) is 12.5 Å². The summed E-state index contributed by atoms with van der Waals surface area (Å²) in [6.45, 7) is 3.43. The minimum Gasteiger partial charge on any atom is -0.481 e. The lowest BCUT2D eigenvalue weighted by Crippen LogP contribution is -2.36. The molecule has 1 aromatic carbocycles. The van der Waals surface area contributed by atoms with Crippen LogP contribution in [0.1, 0.15) is 17.5 Å². The Kier molecular flexibility index (Phi) is 5.12. The topological polar surface area (TPSA) is 66.6 Å². The van der Waals surface area contributed by atoms with Crippen LogP contribution in [0.2, 0.25) is 0 Å². The SMILES string of the molecule is Cc1cccc(CN(C)CC(N)CC(=O)O)c1. The average molecular weight is 236 g/mol. The Morgan fingerprint density at radius 1 is 1.53 bits per heavy atom. The number of nitrogens with zero attached hydrogens (tertiary/aromatic N) is 1. The Morgan fingerprint density at radius 2 is 2.24 bits per heavy atom. The minimum atomic E-state index is -0.846. The van der Waals surface area contributed by atoms with Crippen molar-refractivity contribution in [3.63, 3.8) is 0 Å². The fraction of sp³-hybridized carbons (Fsp3) is 0.462. The van der Waals surface area contributed by atoms with E-state index in [0.29, 0.717) is 6.54 Å². The lowest BCUT2D eigenvalue weighted by Gasteiger charge is -2.20. The molecule has 0 amide bonds. The molecule has 1 rings (SSSR count). The van der Waals surface area contributed by atoms with Crippen LogP contribution in [0, 0.1) is 6.92 Å². The number of rotatable bonds is 6. The van der Waals surface area contributed by atoms with Crippen molar-refractivity contribution in [3.8, 4) is 0 Å². The van der Waals surface area contributed by atoms with Crippen LogP contribution >= 0.6 is 0 Å². The van der Waals surface area contributed by atoms with Gasteiger partial charge in [-0.2, -0.15) is 0 Å². The summed E-state index contributed by atoms with van der Waals surface area (Å²) < 4.78 is 0. The number of nitrogens with two attached hydrogens (primary N) is 1. The Hall–Kier alpha value is -1.39. The molecule has 0 aromatic heterocycles. The third-order valence-electron chi connectivity index (χ3n) is 2.52. The highest BCUT2D eigenvalue weighted by Crippen LogP contribution is 2.07. The maximum atomic E-state index is 10.5. The van der Waals surface area contributed by atoms with Gasteiger partial charge in [0.2, 0.25) is 0 Å². The third kappa shape index (κ3) is 5.47. The Morgan fingerprint density at radius 3 is 2.82 bits per heavy atom. The van der Waals surface area contributed by atoms with Crippen molar-refractivity contribution in [2.75, 3.05) is 13.6 Å². The van der Waals surface area contributed by atoms with Gasteiger partial charge in [-0.25, -0.2) is 0 Å². The van der Waals surface area contributed by atoms with Crippen molar-refractivity contribution in [1.29, 1.82) is 0 Å². The van der Waals surface area contributed by atoms with Gasteiger partial charge in [-0.3, -0.25) is 4.79 Å². The maximum Gasteiger partial charge on any atom is 0.304 e. The molecule has 0 heterocycles. The van der Waals surface area contributed by atoms with E-state index < -0.39 is 5.97 Å². The van der Waals surface area contributed by atoms with Crippen molar-refractivity contribution in [1.82, 2.24) is 4.90 Å². The van der Waals surface area contributed by atoms with Crippen LogP contribution in [0.3, 0.4) is 0 Å². The van der Waals surface area contributed by atoms with E-state index in [9.17, 15) is 4.79 Å². The van der Waals surface area contributed by atoms with Gasteiger partial charge < -0.3 is 15.7 Å². The molecule has 17 heavy (non-hydrogen) atoms. The number of hydrogen-bond donors (Lipinski definition) is 2. The third-order valence-corrected chi connectivity index (χ3v) is 2.52. The van der Waals surface area contributed by atoms with Crippen molar-refractivity contribution >= 4 is 5.97 Å².